The van der Waals surface area contributed by atoms with Gasteiger partial charge in [-0.25, -0.2) is 9.97 Å². The predicted molar refractivity (Wildman–Crippen MR) is 76.4 cm³/mol. The third-order valence-electron chi connectivity index (χ3n) is 2.19. The van der Waals surface area contributed by atoms with Gasteiger partial charge in [0, 0.05) is 16.9 Å². The van der Waals surface area contributed by atoms with Gasteiger partial charge in [0.15, 0.2) is 5.69 Å². The van der Waals surface area contributed by atoms with Crippen molar-refractivity contribution >= 4 is 33.1 Å². The molecule has 0 amide bonds. The molecule has 6 heteroatoms. The van der Waals surface area contributed by atoms with Crippen LogP contribution < -0.4 is 10.5 Å². The molecule has 0 radical (unpaired) electrons. The molecule has 0 saturated carbocycles. The van der Waals surface area contributed by atoms with Gasteiger partial charge >= 0.3 is 0 Å². The lowest BCUT2D eigenvalue weighted by Gasteiger charge is -2.08. The van der Waals surface area contributed by atoms with Gasteiger partial charge in [0.2, 0.25) is 5.88 Å². The average Bonchev–Trinajstić information content (AvgIpc) is 2.38. The van der Waals surface area contributed by atoms with Crippen LogP contribution in [0.15, 0.2) is 41.1 Å². The minimum absolute atomic E-state index is 0.175. The molecule has 2 aromatic rings. The highest BCUT2D eigenvalue weighted by molar-refractivity contribution is 9.10. The van der Waals surface area contributed by atoms with E-state index in [-0.39, 0.29) is 4.99 Å². The van der Waals surface area contributed by atoms with Crippen LogP contribution in [0.4, 0.5) is 0 Å². The first kappa shape index (κ1) is 12.9. The molecule has 0 saturated heterocycles. The molecule has 1 heterocycles. The summed E-state index contributed by atoms with van der Waals surface area (Å²) in [6.07, 6.45) is 3.07. The van der Waals surface area contributed by atoms with E-state index in [1.54, 1.807) is 6.20 Å². The normalized spacial score (nSPS) is 10.1. The second-order valence-corrected chi connectivity index (χ2v) is 4.84. The van der Waals surface area contributed by atoms with E-state index in [0.717, 1.165) is 10.0 Å². The van der Waals surface area contributed by atoms with Crippen molar-refractivity contribution in [1.82, 2.24) is 9.97 Å². The van der Waals surface area contributed by atoms with E-state index in [2.05, 4.69) is 25.9 Å². The first-order valence-corrected chi connectivity index (χ1v) is 6.35. The van der Waals surface area contributed by atoms with Crippen molar-refractivity contribution in [2.75, 3.05) is 0 Å². The van der Waals surface area contributed by atoms with Crippen molar-refractivity contribution < 1.29 is 4.74 Å². The first-order chi connectivity index (χ1) is 8.66. The fourth-order valence-corrected chi connectivity index (χ4v) is 1.74. The van der Waals surface area contributed by atoms with Crippen molar-refractivity contribution in [1.29, 1.82) is 0 Å². The maximum absolute atomic E-state index is 5.57. The molecular formula is C12H10BrN3OS. The number of aromatic nitrogens is 2. The summed E-state index contributed by atoms with van der Waals surface area (Å²) in [5, 5.41) is 0. The monoisotopic (exact) mass is 323 g/mol. The summed E-state index contributed by atoms with van der Waals surface area (Å²) in [5.74, 6) is 0.355. The Kier molecular flexibility index (Phi) is 4.22. The zero-order valence-corrected chi connectivity index (χ0v) is 11.7. The number of halogens is 1. The van der Waals surface area contributed by atoms with Gasteiger partial charge in [-0.3, -0.25) is 0 Å². The number of ether oxygens (including phenoxy) is 1. The number of benzene rings is 1. The smallest absolute Gasteiger partial charge is 0.243 e. The molecule has 0 bridgehead atoms. The van der Waals surface area contributed by atoms with E-state index in [0.29, 0.717) is 18.2 Å². The van der Waals surface area contributed by atoms with Gasteiger partial charge in [0.1, 0.15) is 11.6 Å². The number of rotatable bonds is 4. The highest BCUT2D eigenvalue weighted by Crippen LogP contribution is 2.15. The maximum Gasteiger partial charge on any atom is 0.243 e. The summed E-state index contributed by atoms with van der Waals surface area (Å²) in [6, 6.07) is 7.81. The minimum atomic E-state index is 0.175. The van der Waals surface area contributed by atoms with Crippen molar-refractivity contribution in [3.63, 3.8) is 0 Å². The summed E-state index contributed by atoms with van der Waals surface area (Å²) in [5.41, 5.74) is 6.98. The van der Waals surface area contributed by atoms with Gasteiger partial charge in [0.05, 0.1) is 0 Å². The molecule has 0 atom stereocenters. The topological polar surface area (TPSA) is 61.0 Å². The molecular weight excluding hydrogens is 314 g/mol. The molecule has 4 nitrogen and oxygen atoms in total. The van der Waals surface area contributed by atoms with Gasteiger partial charge in [-0.15, -0.1) is 0 Å². The van der Waals surface area contributed by atoms with Crippen LogP contribution in [0.1, 0.15) is 11.3 Å². The van der Waals surface area contributed by atoms with Crippen LogP contribution in [0.5, 0.6) is 5.88 Å². The van der Waals surface area contributed by atoms with E-state index < -0.39 is 0 Å². The second kappa shape index (κ2) is 5.88. The van der Waals surface area contributed by atoms with Crippen molar-refractivity contribution in [2.24, 2.45) is 5.73 Å². The highest BCUT2D eigenvalue weighted by Gasteiger charge is 2.09. The van der Waals surface area contributed by atoms with Crippen LogP contribution in [0.2, 0.25) is 0 Å². The van der Waals surface area contributed by atoms with E-state index in [1.165, 1.54) is 6.20 Å². The Bertz CT molecular complexity index is 560. The Hall–Kier alpha value is -1.53. The van der Waals surface area contributed by atoms with Crippen LogP contribution in [0.25, 0.3) is 0 Å². The summed E-state index contributed by atoms with van der Waals surface area (Å²) >= 11 is 8.26. The number of nitrogens with two attached hydrogens (primary N) is 1. The summed E-state index contributed by atoms with van der Waals surface area (Å²) in [7, 11) is 0. The van der Waals surface area contributed by atoms with Crippen molar-refractivity contribution in [3.8, 4) is 5.88 Å². The molecule has 1 aromatic heterocycles. The van der Waals surface area contributed by atoms with Gasteiger partial charge < -0.3 is 10.5 Å². The van der Waals surface area contributed by atoms with Gasteiger partial charge in [-0.1, -0.05) is 40.3 Å². The van der Waals surface area contributed by atoms with Gasteiger partial charge in [0.25, 0.3) is 0 Å². The molecule has 0 fully saturated rings. The lowest BCUT2D eigenvalue weighted by molar-refractivity contribution is 0.292. The van der Waals surface area contributed by atoms with Crippen molar-refractivity contribution in [2.45, 2.75) is 6.61 Å². The number of hydrogen-bond donors (Lipinski definition) is 1. The van der Waals surface area contributed by atoms with E-state index in [9.17, 15) is 0 Å². The van der Waals surface area contributed by atoms with Crippen LogP contribution >= 0.6 is 28.1 Å². The maximum atomic E-state index is 5.57. The zero-order valence-electron chi connectivity index (χ0n) is 9.34. The summed E-state index contributed by atoms with van der Waals surface area (Å²) in [6.45, 7) is 0.390. The number of thiocarbonyl (C=S) groups is 1. The lowest BCUT2D eigenvalue weighted by atomic mass is 10.2. The SMILES string of the molecule is NC(=S)c1nccnc1OCc1ccc(Br)cc1. The quantitative estimate of drug-likeness (QED) is 0.876. The van der Waals surface area contributed by atoms with Gasteiger partial charge in [-0.05, 0) is 17.7 Å². The minimum Gasteiger partial charge on any atom is -0.471 e. The third-order valence-corrected chi connectivity index (χ3v) is 2.91. The standard InChI is InChI=1S/C12H10BrN3OS/c13-9-3-1-8(2-4-9)7-17-12-10(11(14)18)15-5-6-16-12/h1-6H,7H2,(H2,14,18). The molecule has 92 valence electrons. The summed E-state index contributed by atoms with van der Waals surface area (Å²) < 4.78 is 6.59. The largest absolute Gasteiger partial charge is 0.471 e. The van der Waals surface area contributed by atoms with Crippen LogP contribution in [0, 0.1) is 0 Å². The molecule has 2 N–H and O–H groups in total. The molecule has 2 rings (SSSR count). The molecule has 0 spiro atoms. The second-order valence-electron chi connectivity index (χ2n) is 3.49. The highest BCUT2D eigenvalue weighted by atomic mass is 79.9. The molecule has 0 aliphatic carbocycles. The van der Waals surface area contributed by atoms with E-state index >= 15 is 0 Å². The molecule has 0 aliphatic heterocycles. The van der Waals surface area contributed by atoms with Crippen molar-refractivity contribution in [3.05, 3.63) is 52.4 Å². The Morgan fingerprint density at radius 1 is 1.22 bits per heavy atom. The average molecular weight is 324 g/mol. The Balaban J connectivity index is 2.10. The third kappa shape index (κ3) is 3.24. The molecule has 18 heavy (non-hydrogen) atoms. The Morgan fingerprint density at radius 3 is 2.56 bits per heavy atom. The van der Waals surface area contributed by atoms with Crippen LogP contribution in [0.3, 0.4) is 0 Å². The Morgan fingerprint density at radius 2 is 1.89 bits per heavy atom. The first-order valence-electron chi connectivity index (χ1n) is 5.15. The fourth-order valence-electron chi connectivity index (χ4n) is 1.33. The fraction of sp³-hybridized carbons (Fsp3) is 0.0833. The number of nitrogens with zero attached hydrogens (tertiary/aromatic N) is 2. The van der Waals surface area contributed by atoms with Crippen LogP contribution in [-0.2, 0) is 6.61 Å². The summed E-state index contributed by atoms with van der Waals surface area (Å²) in [4.78, 5) is 8.29. The number of hydrogen-bond acceptors (Lipinski definition) is 4. The predicted octanol–water partition coefficient (Wildman–Crippen LogP) is 2.45. The van der Waals surface area contributed by atoms with Gasteiger partial charge in [-0.2, -0.15) is 0 Å². The molecule has 1 aromatic carbocycles. The van der Waals surface area contributed by atoms with E-state index in [1.807, 2.05) is 24.3 Å². The molecule has 0 unspecified atom stereocenters. The Labute approximate surface area is 118 Å². The van der Waals surface area contributed by atoms with E-state index in [4.69, 9.17) is 22.7 Å². The zero-order chi connectivity index (χ0) is 13.0. The molecule has 0 aliphatic rings. The lowest BCUT2D eigenvalue weighted by Crippen LogP contribution is -2.14. The van der Waals surface area contributed by atoms with Crippen LogP contribution in [-0.4, -0.2) is 15.0 Å².